The minimum absolute atomic E-state index is 0.136. The molecule has 3 N–H and O–H groups in total. The van der Waals surface area contributed by atoms with Crippen LogP contribution < -0.4 is 16.0 Å². The molecule has 0 aromatic carbocycles. The molecular weight excluding hydrogens is 244 g/mol. The van der Waals surface area contributed by atoms with Crippen molar-refractivity contribution in [3.63, 3.8) is 0 Å². The smallest absolute Gasteiger partial charge is 0.231 e. The van der Waals surface area contributed by atoms with Gasteiger partial charge in [-0.2, -0.15) is 15.0 Å². The van der Waals surface area contributed by atoms with E-state index in [-0.39, 0.29) is 12.0 Å². The molecule has 0 saturated carbocycles. The normalized spacial score (nSPS) is 12.5. The molecule has 0 aliphatic rings. The molecular formula is C12H24N6O. The third-order valence-corrected chi connectivity index (χ3v) is 2.66. The second-order valence-electron chi connectivity index (χ2n) is 4.87. The highest BCUT2D eigenvalue weighted by atomic mass is 16.5. The lowest BCUT2D eigenvalue weighted by Gasteiger charge is -2.22. The maximum atomic E-state index is 5.69. The van der Waals surface area contributed by atoms with Crippen molar-refractivity contribution in [2.45, 2.75) is 26.8 Å². The fourth-order valence-corrected chi connectivity index (χ4v) is 1.46. The number of hydrogen-bond acceptors (Lipinski definition) is 7. The van der Waals surface area contributed by atoms with E-state index in [0.717, 1.165) is 0 Å². The first-order chi connectivity index (χ1) is 8.93. The van der Waals surface area contributed by atoms with Crippen LogP contribution in [0.5, 0.6) is 0 Å². The number of nitrogens with two attached hydrogens (primary N) is 1. The van der Waals surface area contributed by atoms with E-state index in [1.165, 1.54) is 0 Å². The molecule has 1 unspecified atom stereocenters. The molecule has 1 rings (SSSR count). The number of hydrogen-bond donors (Lipinski definition) is 2. The molecule has 1 aromatic heterocycles. The SMILES string of the molecule is CCOCC(Nc1nc(N)nc(N(C)C)n1)C(C)C. The van der Waals surface area contributed by atoms with E-state index >= 15 is 0 Å². The van der Waals surface area contributed by atoms with Crippen molar-refractivity contribution >= 4 is 17.8 Å². The molecule has 0 amide bonds. The highest BCUT2D eigenvalue weighted by molar-refractivity contribution is 5.41. The van der Waals surface area contributed by atoms with Crippen LogP contribution in [0.25, 0.3) is 0 Å². The van der Waals surface area contributed by atoms with E-state index in [0.29, 0.717) is 31.0 Å². The van der Waals surface area contributed by atoms with E-state index in [2.05, 4.69) is 34.1 Å². The van der Waals surface area contributed by atoms with E-state index < -0.39 is 0 Å². The zero-order chi connectivity index (χ0) is 14.4. The largest absolute Gasteiger partial charge is 0.380 e. The minimum Gasteiger partial charge on any atom is -0.380 e. The summed E-state index contributed by atoms with van der Waals surface area (Å²) in [4.78, 5) is 14.3. The van der Waals surface area contributed by atoms with Gasteiger partial charge in [0.05, 0.1) is 12.6 Å². The summed E-state index contributed by atoms with van der Waals surface area (Å²) in [6.45, 7) is 7.51. The zero-order valence-electron chi connectivity index (χ0n) is 12.3. The monoisotopic (exact) mass is 268 g/mol. The summed E-state index contributed by atoms with van der Waals surface area (Å²) >= 11 is 0. The molecule has 0 fully saturated rings. The summed E-state index contributed by atoms with van der Waals surface area (Å²) in [6.07, 6.45) is 0. The first kappa shape index (κ1) is 15.4. The Kier molecular flexibility index (Phi) is 5.75. The quantitative estimate of drug-likeness (QED) is 0.762. The van der Waals surface area contributed by atoms with Crippen molar-refractivity contribution < 1.29 is 4.74 Å². The standard InChI is InChI=1S/C12H24N6O/c1-6-19-7-9(8(2)3)14-11-15-10(13)16-12(17-11)18(4)5/h8-9H,6-7H2,1-5H3,(H3,13,14,15,16,17). The van der Waals surface area contributed by atoms with Gasteiger partial charge >= 0.3 is 0 Å². The number of nitrogens with zero attached hydrogens (tertiary/aromatic N) is 4. The number of nitrogen functional groups attached to an aromatic ring is 1. The Hall–Kier alpha value is -1.63. The summed E-state index contributed by atoms with van der Waals surface area (Å²) in [5.41, 5.74) is 5.69. The molecule has 0 aliphatic heterocycles. The first-order valence-corrected chi connectivity index (χ1v) is 6.47. The van der Waals surface area contributed by atoms with E-state index in [4.69, 9.17) is 10.5 Å². The molecule has 0 spiro atoms. The number of ether oxygens (including phenoxy) is 1. The minimum atomic E-state index is 0.136. The summed E-state index contributed by atoms with van der Waals surface area (Å²) in [5.74, 6) is 1.62. The van der Waals surface area contributed by atoms with Crippen LogP contribution >= 0.6 is 0 Å². The van der Waals surface area contributed by atoms with Crippen LogP contribution in [0.2, 0.25) is 0 Å². The fourth-order valence-electron chi connectivity index (χ4n) is 1.46. The second kappa shape index (κ2) is 7.08. The lowest BCUT2D eigenvalue weighted by atomic mass is 10.1. The molecule has 7 heteroatoms. The third kappa shape index (κ3) is 4.86. The van der Waals surface area contributed by atoms with Gasteiger partial charge in [0, 0.05) is 20.7 Å². The number of anilines is 3. The summed E-state index contributed by atoms with van der Waals surface area (Å²) < 4.78 is 5.46. The van der Waals surface area contributed by atoms with Gasteiger partial charge in [0.25, 0.3) is 0 Å². The van der Waals surface area contributed by atoms with Crippen LogP contribution in [-0.2, 0) is 4.74 Å². The Morgan fingerprint density at radius 3 is 2.47 bits per heavy atom. The van der Waals surface area contributed by atoms with Gasteiger partial charge in [-0.3, -0.25) is 0 Å². The lowest BCUT2D eigenvalue weighted by Crippen LogP contribution is -2.32. The Labute approximate surface area is 114 Å². The molecule has 19 heavy (non-hydrogen) atoms. The van der Waals surface area contributed by atoms with Crippen LogP contribution in [0.3, 0.4) is 0 Å². The fraction of sp³-hybridized carbons (Fsp3) is 0.750. The van der Waals surface area contributed by atoms with Gasteiger partial charge in [-0.05, 0) is 12.8 Å². The number of rotatable bonds is 7. The zero-order valence-corrected chi connectivity index (χ0v) is 12.3. The van der Waals surface area contributed by atoms with Crippen LogP contribution in [0.1, 0.15) is 20.8 Å². The third-order valence-electron chi connectivity index (χ3n) is 2.66. The Balaban J connectivity index is 2.83. The number of aromatic nitrogens is 3. The van der Waals surface area contributed by atoms with Crippen LogP contribution in [-0.4, -0.2) is 48.3 Å². The van der Waals surface area contributed by atoms with Gasteiger partial charge in [-0.1, -0.05) is 13.8 Å². The molecule has 108 valence electrons. The van der Waals surface area contributed by atoms with Crippen molar-refractivity contribution in [1.29, 1.82) is 0 Å². The second-order valence-corrected chi connectivity index (χ2v) is 4.87. The van der Waals surface area contributed by atoms with Gasteiger partial charge in [0.2, 0.25) is 17.8 Å². The van der Waals surface area contributed by atoms with Crippen LogP contribution in [0.15, 0.2) is 0 Å². The Morgan fingerprint density at radius 1 is 1.26 bits per heavy atom. The van der Waals surface area contributed by atoms with E-state index in [9.17, 15) is 0 Å². The van der Waals surface area contributed by atoms with Gasteiger partial charge in [-0.25, -0.2) is 0 Å². The molecule has 1 aromatic rings. The van der Waals surface area contributed by atoms with Crippen molar-refractivity contribution in [3.05, 3.63) is 0 Å². The molecule has 0 radical (unpaired) electrons. The summed E-state index contributed by atoms with van der Waals surface area (Å²) in [7, 11) is 3.72. The summed E-state index contributed by atoms with van der Waals surface area (Å²) in [5, 5.41) is 3.26. The average molecular weight is 268 g/mol. The topological polar surface area (TPSA) is 89.2 Å². The molecule has 1 heterocycles. The Morgan fingerprint density at radius 2 is 1.95 bits per heavy atom. The molecule has 1 atom stereocenters. The summed E-state index contributed by atoms with van der Waals surface area (Å²) in [6, 6.07) is 0.136. The lowest BCUT2D eigenvalue weighted by molar-refractivity contribution is 0.126. The van der Waals surface area contributed by atoms with E-state index in [1.807, 2.05) is 21.0 Å². The molecule has 0 bridgehead atoms. The average Bonchev–Trinajstić information content (AvgIpc) is 2.33. The van der Waals surface area contributed by atoms with Crippen molar-refractivity contribution in [2.24, 2.45) is 5.92 Å². The highest BCUT2D eigenvalue weighted by Crippen LogP contribution is 2.13. The highest BCUT2D eigenvalue weighted by Gasteiger charge is 2.16. The number of nitrogens with one attached hydrogen (secondary N) is 1. The maximum absolute atomic E-state index is 5.69. The van der Waals surface area contributed by atoms with Crippen molar-refractivity contribution in [1.82, 2.24) is 15.0 Å². The molecule has 0 aliphatic carbocycles. The van der Waals surface area contributed by atoms with Crippen molar-refractivity contribution in [2.75, 3.05) is 43.3 Å². The van der Waals surface area contributed by atoms with Crippen LogP contribution in [0, 0.1) is 5.92 Å². The predicted molar refractivity (Wildman–Crippen MR) is 77.3 cm³/mol. The van der Waals surface area contributed by atoms with Gasteiger partial charge in [-0.15, -0.1) is 0 Å². The van der Waals surface area contributed by atoms with Crippen LogP contribution in [0.4, 0.5) is 17.8 Å². The molecule has 0 saturated heterocycles. The van der Waals surface area contributed by atoms with Gasteiger partial charge < -0.3 is 20.7 Å². The van der Waals surface area contributed by atoms with Gasteiger partial charge in [0.15, 0.2) is 0 Å². The van der Waals surface area contributed by atoms with Gasteiger partial charge in [0.1, 0.15) is 0 Å². The molecule has 7 nitrogen and oxygen atoms in total. The first-order valence-electron chi connectivity index (χ1n) is 6.47. The van der Waals surface area contributed by atoms with Crippen molar-refractivity contribution in [3.8, 4) is 0 Å². The Bertz CT molecular complexity index is 396. The predicted octanol–water partition coefficient (Wildman–Crippen LogP) is 0.993. The van der Waals surface area contributed by atoms with E-state index in [1.54, 1.807) is 4.90 Å². The maximum Gasteiger partial charge on any atom is 0.231 e.